The maximum Gasteiger partial charge on any atom is 0.207 e. The van der Waals surface area contributed by atoms with Crippen LogP contribution in [0.2, 0.25) is 0 Å². The van der Waals surface area contributed by atoms with Crippen molar-refractivity contribution in [2.75, 3.05) is 14.2 Å². The van der Waals surface area contributed by atoms with Crippen molar-refractivity contribution >= 4 is 0 Å². The topological polar surface area (TPSA) is 18.5 Å². The van der Waals surface area contributed by atoms with Gasteiger partial charge in [0.25, 0.3) is 0 Å². The van der Waals surface area contributed by atoms with Gasteiger partial charge in [0.1, 0.15) is 0 Å². The van der Waals surface area contributed by atoms with Crippen LogP contribution >= 0.6 is 0 Å². The molecule has 1 aromatic carbocycles. The van der Waals surface area contributed by atoms with Crippen LogP contribution in [0.5, 0.6) is 11.5 Å². The van der Waals surface area contributed by atoms with E-state index in [9.17, 15) is 4.39 Å². The Hall–Kier alpha value is -1.25. The average molecular weight is 212 g/mol. The van der Waals surface area contributed by atoms with E-state index in [1.54, 1.807) is 6.07 Å². The van der Waals surface area contributed by atoms with Crippen LogP contribution in [0.15, 0.2) is 12.1 Å². The van der Waals surface area contributed by atoms with E-state index in [0.717, 1.165) is 5.56 Å². The summed E-state index contributed by atoms with van der Waals surface area (Å²) in [5.41, 5.74) is 0.682. The Morgan fingerprint density at radius 3 is 2.07 bits per heavy atom. The molecule has 0 fully saturated rings. The van der Waals surface area contributed by atoms with Gasteiger partial charge in [0.2, 0.25) is 5.82 Å². The van der Waals surface area contributed by atoms with Crippen LogP contribution in [-0.2, 0) is 5.41 Å². The van der Waals surface area contributed by atoms with Gasteiger partial charge in [-0.25, -0.2) is 0 Å². The standard InChI is InChI=1S/C12H17FO2/c1-12(2,3)8-6-7-9(14-4)10(13)11(8)15-5/h6-7H,1-5H3. The summed E-state index contributed by atoms with van der Waals surface area (Å²) in [5.74, 6) is 0.0362. The van der Waals surface area contributed by atoms with Crippen molar-refractivity contribution in [1.82, 2.24) is 0 Å². The normalized spacial score (nSPS) is 11.3. The lowest BCUT2D eigenvalue weighted by Gasteiger charge is -2.22. The van der Waals surface area contributed by atoms with E-state index in [-0.39, 0.29) is 16.9 Å². The number of hydrogen-bond acceptors (Lipinski definition) is 2. The third-order valence-electron chi connectivity index (χ3n) is 2.29. The SMILES string of the molecule is COc1ccc(C(C)(C)C)c(OC)c1F. The molecule has 0 N–H and O–H groups in total. The Morgan fingerprint density at radius 1 is 1.07 bits per heavy atom. The maximum atomic E-state index is 13.8. The summed E-state index contributed by atoms with van der Waals surface area (Å²) in [5, 5.41) is 0. The van der Waals surface area contributed by atoms with Gasteiger partial charge in [-0.05, 0) is 11.5 Å². The van der Waals surface area contributed by atoms with Gasteiger partial charge in [0.15, 0.2) is 11.5 Å². The molecule has 0 amide bonds. The Morgan fingerprint density at radius 2 is 1.67 bits per heavy atom. The summed E-state index contributed by atoms with van der Waals surface area (Å²) in [4.78, 5) is 0. The second-order valence-corrected chi connectivity index (χ2v) is 4.41. The molecule has 15 heavy (non-hydrogen) atoms. The highest BCUT2D eigenvalue weighted by Gasteiger charge is 2.23. The summed E-state index contributed by atoms with van der Waals surface area (Å²) in [7, 11) is 2.90. The molecule has 3 heteroatoms. The van der Waals surface area contributed by atoms with Crippen molar-refractivity contribution < 1.29 is 13.9 Å². The molecule has 0 unspecified atom stereocenters. The maximum absolute atomic E-state index is 13.8. The largest absolute Gasteiger partial charge is 0.494 e. The van der Waals surface area contributed by atoms with Gasteiger partial charge in [-0.2, -0.15) is 4.39 Å². The number of halogens is 1. The molecule has 84 valence electrons. The molecule has 1 aromatic rings. The van der Waals surface area contributed by atoms with Crippen LogP contribution in [0.1, 0.15) is 26.3 Å². The van der Waals surface area contributed by atoms with Gasteiger partial charge in [-0.15, -0.1) is 0 Å². The van der Waals surface area contributed by atoms with Crippen molar-refractivity contribution in [3.05, 3.63) is 23.5 Å². The summed E-state index contributed by atoms with van der Waals surface area (Å²) in [6, 6.07) is 3.46. The minimum absolute atomic E-state index is 0.154. The molecule has 0 saturated heterocycles. The zero-order valence-electron chi connectivity index (χ0n) is 9.85. The predicted octanol–water partition coefficient (Wildman–Crippen LogP) is 3.14. The van der Waals surface area contributed by atoms with Crippen molar-refractivity contribution in [3.8, 4) is 11.5 Å². The van der Waals surface area contributed by atoms with Gasteiger partial charge in [0, 0.05) is 5.56 Å². The lowest BCUT2D eigenvalue weighted by atomic mass is 9.86. The molecule has 0 heterocycles. The molecule has 0 saturated carbocycles. The number of hydrogen-bond donors (Lipinski definition) is 0. The Kier molecular flexibility index (Phi) is 3.22. The van der Waals surface area contributed by atoms with E-state index in [2.05, 4.69) is 0 Å². The number of rotatable bonds is 2. The number of ether oxygens (including phenoxy) is 2. The summed E-state index contributed by atoms with van der Waals surface area (Å²) < 4.78 is 23.8. The zero-order valence-corrected chi connectivity index (χ0v) is 9.85. The quantitative estimate of drug-likeness (QED) is 0.749. The Labute approximate surface area is 90.0 Å². The minimum Gasteiger partial charge on any atom is -0.494 e. The summed E-state index contributed by atoms with van der Waals surface area (Å²) in [6.07, 6.45) is 0. The Bertz CT molecular complexity index is 353. The van der Waals surface area contributed by atoms with E-state index in [0.29, 0.717) is 0 Å². The van der Waals surface area contributed by atoms with Gasteiger partial charge in [-0.3, -0.25) is 0 Å². The fraction of sp³-hybridized carbons (Fsp3) is 0.500. The average Bonchev–Trinajstić information content (AvgIpc) is 2.15. The first kappa shape index (κ1) is 11.8. The monoisotopic (exact) mass is 212 g/mol. The minimum atomic E-state index is -0.438. The van der Waals surface area contributed by atoms with E-state index >= 15 is 0 Å². The molecular formula is C12H17FO2. The summed E-state index contributed by atoms with van der Waals surface area (Å²) >= 11 is 0. The highest BCUT2D eigenvalue weighted by molar-refractivity contribution is 5.45. The van der Waals surface area contributed by atoms with E-state index in [4.69, 9.17) is 9.47 Å². The molecule has 0 atom stereocenters. The van der Waals surface area contributed by atoms with Crippen molar-refractivity contribution in [2.24, 2.45) is 0 Å². The third-order valence-corrected chi connectivity index (χ3v) is 2.29. The van der Waals surface area contributed by atoms with E-state index in [1.807, 2.05) is 26.8 Å². The molecule has 0 aromatic heterocycles. The molecule has 0 bridgehead atoms. The lowest BCUT2D eigenvalue weighted by Crippen LogP contribution is -2.14. The molecular weight excluding hydrogens is 195 g/mol. The molecule has 0 spiro atoms. The van der Waals surface area contributed by atoms with Crippen LogP contribution in [0.3, 0.4) is 0 Å². The number of benzene rings is 1. The molecule has 2 nitrogen and oxygen atoms in total. The molecule has 0 radical (unpaired) electrons. The number of methoxy groups -OCH3 is 2. The summed E-state index contributed by atoms with van der Waals surface area (Å²) in [6.45, 7) is 6.03. The first-order valence-corrected chi connectivity index (χ1v) is 4.82. The molecule has 0 aliphatic carbocycles. The smallest absolute Gasteiger partial charge is 0.207 e. The van der Waals surface area contributed by atoms with Crippen molar-refractivity contribution in [2.45, 2.75) is 26.2 Å². The predicted molar refractivity (Wildman–Crippen MR) is 58.2 cm³/mol. The highest BCUT2D eigenvalue weighted by Crippen LogP contribution is 2.37. The van der Waals surface area contributed by atoms with Gasteiger partial charge >= 0.3 is 0 Å². The van der Waals surface area contributed by atoms with Crippen LogP contribution < -0.4 is 9.47 Å². The van der Waals surface area contributed by atoms with Gasteiger partial charge < -0.3 is 9.47 Å². The first-order valence-electron chi connectivity index (χ1n) is 4.82. The van der Waals surface area contributed by atoms with Crippen molar-refractivity contribution in [1.29, 1.82) is 0 Å². The van der Waals surface area contributed by atoms with Crippen LogP contribution in [-0.4, -0.2) is 14.2 Å². The van der Waals surface area contributed by atoms with Crippen molar-refractivity contribution in [3.63, 3.8) is 0 Å². The van der Waals surface area contributed by atoms with E-state index in [1.165, 1.54) is 14.2 Å². The molecule has 1 rings (SSSR count). The fourth-order valence-electron chi connectivity index (χ4n) is 1.49. The molecule has 0 aliphatic heterocycles. The second kappa shape index (κ2) is 4.09. The zero-order chi connectivity index (χ0) is 11.6. The van der Waals surface area contributed by atoms with Gasteiger partial charge in [0.05, 0.1) is 14.2 Å². The van der Waals surface area contributed by atoms with E-state index < -0.39 is 5.82 Å². The first-order chi connectivity index (χ1) is 6.91. The lowest BCUT2D eigenvalue weighted by molar-refractivity contribution is 0.341. The highest BCUT2D eigenvalue weighted by atomic mass is 19.1. The fourth-order valence-corrected chi connectivity index (χ4v) is 1.49. The van der Waals surface area contributed by atoms with Crippen LogP contribution in [0, 0.1) is 5.82 Å². The van der Waals surface area contributed by atoms with Crippen LogP contribution in [0.4, 0.5) is 4.39 Å². The second-order valence-electron chi connectivity index (χ2n) is 4.41. The van der Waals surface area contributed by atoms with Gasteiger partial charge in [-0.1, -0.05) is 26.8 Å². The third kappa shape index (κ3) is 2.22. The Balaban J connectivity index is 3.38. The molecule has 0 aliphatic rings. The van der Waals surface area contributed by atoms with Crippen LogP contribution in [0.25, 0.3) is 0 Å².